The van der Waals surface area contributed by atoms with Crippen LogP contribution in [0.1, 0.15) is 11.6 Å². The predicted molar refractivity (Wildman–Crippen MR) is 39.8 cm³/mol. The predicted octanol–water partition coefficient (Wildman–Crippen LogP) is 0.907. The van der Waals surface area contributed by atoms with Gasteiger partial charge in [0.05, 0.1) is 0 Å². The maximum atomic E-state index is 12.6. The molecule has 2 rings (SSSR count). The third kappa shape index (κ3) is 1.24. The Balaban J connectivity index is 2.23. The fourth-order valence-corrected chi connectivity index (χ4v) is 1.14. The van der Waals surface area contributed by atoms with Crippen molar-refractivity contribution >= 4 is 0 Å². The Hall–Kier alpha value is -0.960. The highest BCUT2D eigenvalue weighted by Gasteiger charge is 2.19. The summed E-state index contributed by atoms with van der Waals surface area (Å²) in [4.78, 5) is 4.08. The van der Waals surface area contributed by atoms with E-state index in [0.29, 0.717) is 5.92 Å². The highest BCUT2D eigenvalue weighted by atomic mass is 19.1. The van der Waals surface area contributed by atoms with E-state index in [2.05, 4.69) is 10.3 Å². The molecule has 0 saturated carbocycles. The number of pyridine rings is 1. The Labute approximate surface area is 64.5 Å². The number of halogens is 1. The molecule has 2 nitrogen and oxygen atoms in total. The van der Waals surface area contributed by atoms with Crippen molar-refractivity contribution in [1.29, 1.82) is 0 Å². The molecule has 0 spiro atoms. The molecule has 58 valence electrons. The lowest BCUT2D eigenvalue weighted by Gasteiger charge is -2.26. The lowest BCUT2D eigenvalue weighted by Crippen LogP contribution is -2.40. The molecule has 0 amide bonds. The molecule has 1 fully saturated rings. The normalized spacial score (nSPS) is 17.9. The minimum atomic E-state index is -0.193. The van der Waals surface area contributed by atoms with Gasteiger partial charge < -0.3 is 5.32 Å². The summed E-state index contributed by atoms with van der Waals surface area (Å²) in [5.41, 5.74) is 0.865. The zero-order valence-electron chi connectivity index (χ0n) is 6.05. The van der Waals surface area contributed by atoms with Gasteiger partial charge in [-0.3, -0.25) is 4.98 Å². The van der Waals surface area contributed by atoms with Crippen LogP contribution >= 0.6 is 0 Å². The monoisotopic (exact) mass is 152 g/mol. The SMILES string of the molecule is Fc1ccnc(C2CNC2)c1. The largest absolute Gasteiger partial charge is 0.315 e. The molecule has 1 N–H and O–H groups in total. The van der Waals surface area contributed by atoms with Crippen LogP contribution in [0.4, 0.5) is 4.39 Å². The molecule has 0 unspecified atom stereocenters. The van der Waals surface area contributed by atoms with Crippen LogP contribution in [0.5, 0.6) is 0 Å². The first kappa shape index (κ1) is 6.73. The summed E-state index contributed by atoms with van der Waals surface area (Å²) < 4.78 is 12.6. The molecule has 0 bridgehead atoms. The molecule has 0 atom stereocenters. The fraction of sp³-hybridized carbons (Fsp3) is 0.375. The molecular weight excluding hydrogens is 143 g/mol. The van der Waals surface area contributed by atoms with Gasteiger partial charge in [0.15, 0.2) is 0 Å². The van der Waals surface area contributed by atoms with Crippen LogP contribution in [0.25, 0.3) is 0 Å². The van der Waals surface area contributed by atoms with Crippen LogP contribution in [0, 0.1) is 5.82 Å². The molecule has 0 aromatic carbocycles. The van der Waals surface area contributed by atoms with Gasteiger partial charge >= 0.3 is 0 Å². The number of rotatable bonds is 1. The van der Waals surface area contributed by atoms with Gasteiger partial charge in [0.2, 0.25) is 0 Å². The van der Waals surface area contributed by atoms with E-state index in [1.165, 1.54) is 18.3 Å². The average molecular weight is 152 g/mol. The second kappa shape index (κ2) is 2.58. The Morgan fingerprint density at radius 3 is 2.91 bits per heavy atom. The van der Waals surface area contributed by atoms with E-state index in [1.54, 1.807) is 0 Å². The van der Waals surface area contributed by atoms with Crippen LogP contribution in [0.2, 0.25) is 0 Å². The van der Waals surface area contributed by atoms with Gasteiger partial charge in [0, 0.05) is 30.9 Å². The van der Waals surface area contributed by atoms with Gasteiger partial charge in [-0.25, -0.2) is 4.39 Å². The van der Waals surface area contributed by atoms with Gasteiger partial charge in [-0.1, -0.05) is 0 Å². The summed E-state index contributed by atoms with van der Waals surface area (Å²) in [6, 6.07) is 2.88. The molecule has 0 aliphatic carbocycles. The Morgan fingerprint density at radius 2 is 2.36 bits per heavy atom. The average Bonchev–Trinajstić information content (AvgIpc) is 1.83. The Kier molecular flexibility index (Phi) is 1.58. The van der Waals surface area contributed by atoms with E-state index in [1.807, 2.05) is 0 Å². The molecule has 1 aromatic heterocycles. The number of nitrogens with one attached hydrogen (secondary N) is 1. The second-order valence-corrected chi connectivity index (χ2v) is 2.75. The fourth-order valence-electron chi connectivity index (χ4n) is 1.14. The molecule has 1 aliphatic rings. The first-order valence-electron chi connectivity index (χ1n) is 3.68. The maximum absolute atomic E-state index is 12.6. The molecule has 11 heavy (non-hydrogen) atoms. The van der Waals surface area contributed by atoms with Crippen molar-refractivity contribution in [3.05, 3.63) is 29.8 Å². The van der Waals surface area contributed by atoms with Gasteiger partial charge in [-0.2, -0.15) is 0 Å². The summed E-state index contributed by atoms with van der Waals surface area (Å²) in [6.45, 7) is 1.85. The van der Waals surface area contributed by atoms with Crippen molar-refractivity contribution in [2.75, 3.05) is 13.1 Å². The van der Waals surface area contributed by atoms with E-state index < -0.39 is 0 Å². The summed E-state index contributed by atoms with van der Waals surface area (Å²) in [5, 5.41) is 3.12. The summed E-state index contributed by atoms with van der Waals surface area (Å²) in [5.74, 6) is 0.229. The first-order chi connectivity index (χ1) is 5.36. The highest BCUT2D eigenvalue weighted by molar-refractivity contribution is 5.14. The molecule has 2 heterocycles. The van der Waals surface area contributed by atoms with Crippen LogP contribution < -0.4 is 5.32 Å². The molecular formula is C8H9FN2. The minimum absolute atomic E-state index is 0.193. The topological polar surface area (TPSA) is 24.9 Å². The minimum Gasteiger partial charge on any atom is -0.315 e. The van der Waals surface area contributed by atoms with E-state index in [0.717, 1.165) is 18.8 Å². The smallest absolute Gasteiger partial charge is 0.126 e. The van der Waals surface area contributed by atoms with Gasteiger partial charge in [0.1, 0.15) is 5.82 Å². The highest BCUT2D eigenvalue weighted by Crippen LogP contribution is 2.17. The van der Waals surface area contributed by atoms with E-state index >= 15 is 0 Å². The number of aromatic nitrogens is 1. The lowest BCUT2D eigenvalue weighted by molar-refractivity contribution is 0.437. The third-order valence-electron chi connectivity index (χ3n) is 1.94. The Bertz CT molecular complexity index is 258. The maximum Gasteiger partial charge on any atom is 0.126 e. The lowest BCUT2D eigenvalue weighted by atomic mass is 9.99. The molecule has 1 aromatic rings. The molecule has 0 radical (unpaired) electrons. The van der Waals surface area contributed by atoms with Crippen molar-refractivity contribution < 1.29 is 4.39 Å². The van der Waals surface area contributed by atoms with Crippen molar-refractivity contribution in [2.45, 2.75) is 5.92 Å². The zero-order chi connectivity index (χ0) is 7.68. The summed E-state index contributed by atoms with van der Waals surface area (Å²) in [6.07, 6.45) is 1.52. The van der Waals surface area contributed by atoms with Crippen molar-refractivity contribution in [3.63, 3.8) is 0 Å². The van der Waals surface area contributed by atoms with Gasteiger partial charge in [-0.15, -0.1) is 0 Å². The van der Waals surface area contributed by atoms with Crippen molar-refractivity contribution in [1.82, 2.24) is 10.3 Å². The van der Waals surface area contributed by atoms with Crippen LogP contribution in [0.15, 0.2) is 18.3 Å². The quantitative estimate of drug-likeness (QED) is 0.647. The molecule has 1 aliphatic heterocycles. The van der Waals surface area contributed by atoms with Crippen LogP contribution in [0.3, 0.4) is 0 Å². The third-order valence-corrected chi connectivity index (χ3v) is 1.94. The van der Waals surface area contributed by atoms with Crippen molar-refractivity contribution in [3.8, 4) is 0 Å². The first-order valence-corrected chi connectivity index (χ1v) is 3.68. The number of nitrogens with zero attached hydrogens (tertiary/aromatic N) is 1. The Morgan fingerprint density at radius 1 is 1.55 bits per heavy atom. The van der Waals surface area contributed by atoms with Crippen molar-refractivity contribution in [2.24, 2.45) is 0 Å². The van der Waals surface area contributed by atoms with E-state index in [9.17, 15) is 4.39 Å². The molecule has 1 saturated heterocycles. The second-order valence-electron chi connectivity index (χ2n) is 2.75. The summed E-state index contributed by atoms with van der Waals surface area (Å²) >= 11 is 0. The number of hydrogen-bond acceptors (Lipinski definition) is 2. The summed E-state index contributed by atoms with van der Waals surface area (Å²) in [7, 11) is 0. The van der Waals surface area contributed by atoms with E-state index in [-0.39, 0.29) is 5.82 Å². The van der Waals surface area contributed by atoms with Gasteiger partial charge in [0.25, 0.3) is 0 Å². The molecule has 3 heteroatoms. The number of hydrogen-bond donors (Lipinski definition) is 1. The van der Waals surface area contributed by atoms with E-state index in [4.69, 9.17) is 0 Å². The zero-order valence-corrected chi connectivity index (χ0v) is 6.05. The van der Waals surface area contributed by atoms with Crippen LogP contribution in [-0.4, -0.2) is 18.1 Å². The van der Waals surface area contributed by atoms with Crippen LogP contribution in [-0.2, 0) is 0 Å². The van der Waals surface area contributed by atoms with Gasteiger partial charge in [-0.05, 0) is 12.1 Å². The standard InChI is InChI=1S/C8H9FN2/c9-7-1-2-11-8(3-7)6-4-10-5-6/h1-3,6,10H,4-5H2.